The zero-order chi connectivity index (χ0) is 20.5. The van der Waals surface area contributed by atoms with E-state index in [0.29, 0.717) is 0 Å². The number of aromatic nitrogens is 3. The van der Waals surface area contributed by atoms with E-state index in [-0.39, 0.29) is 37.2 Å². The van der Waals surface area contributed by atoms with E-state index >= 15 is 0 Å². The predicted molar refractivity (Wildman–Crippen MR) is 141 cm³/mol. The number of imidazole rings is 1. The van der Waals surface area contributed by atoms with Crippen molar-refractivity contribution in [1.82, 2.24) is 19.3 Å². The second-order valence-corrected chi connectivity index (χ2v) is 7.68. The lowest BCUT2D eigenvalue weighted by Gasteiger charge is -2.21. The third-order valence-corrected chi connectivity index (χ3v) is 5.16. The molecule has 0 fully saturated rings. The molecule has 32 heavy (non-hydrogen) atoms. The summed E-state index contributed by atoms with van der Waals surface area (Å²) in [6, 6.07) is 10.2. The van der Waals surface area contributed by atoms with Crippen LogP contribution in [0.2, 0.25) is 0 Å². The Balaban J connectivity index is 0.00000320. The number of nitrogens with zero attached hydrogens (tertiary/aromatic N) is 4. The van der Waals surface area contributed by atoms with Crippen LogP contribution in [0.3, 0.4) is 0 Å². The van der Waals surface area contributed by atoms with Gasteiger partial charge in [0.05, 0.1) is 12.3 Å². The third kappa shape index (κ3) is 9.14. The van der Waals surface area contributed by atoms with Crippen molar-refractivity contribution >= 4 is 43.0 Å². The Bertz CT molecular complexity index is 879. The maximum atomic E-state index is 5.97. The van der Waals surface area contributed by atoms with E-state index in [1.165, 1.54) is 38.8 Å². The van der Waals surface area contributed by atoms with Gasteiger partial charge in [0, 0.05) is 30.2 Å². The fourth-order valence-electron chi connectivity index (χ4n) is 3.40. The first-order chi connectivity index (χ1) is 14.2. The molecule has 0 aliphatic carbocycles. The fraction of sp³-hybridized carbons (Fsp3) is 0.500. The molecule has 0 atom stereocenters. The molecule has 0 saturated heterocycles. The van der Waals surface area contributed by atoms with Crippen LogP contribution in [0.5, 0.6) is 5.75 Å². The Hall–Kier alpha value is -1.53. The van der Waals surface area contributed by atoms with Crippen LogP contribution >= 0.6 is 37.2 Å². The highest BCUT2D eigenvalue weighted by Gasteiger charge is 2.07. The van der Waals surface area contributed by atoms with Gasteiger partial charge in [0.25, 0.3) is 0 Å². The van der Waals surface area contributed by atoms with Crippen LogP contribution < -0.4 is 4.74 Å². The summed E-state index contributed by atoms with van der Waals surface area (Å²) >= 11 is 0. The standard InChI is InChI=1S/C24H34N4O.3ClH/c1-4-6-14-27(15-7-5-2)16-8-18-29-22-11-9-21(10-12-22)23-19-28-17-13-20(3)25-24(28)26-23;;;/h9-13,17,19H,4-8,14-16,18H2,1-3H3;3*1H. The normalized spacial score (nSPS) is 10.4. The summed E-state index contributed by atoms with van der Waals surface area (Å²) in [4.78, 5) is 11.7. The van der Waals surface area contributed by atoms with Crippen molar-refractivity contribution in [3.63, 3.8) is 0 Å². The van der Waals surface area contributed by atoms with E-state index < -0.39 is 0 Å². The van der Waals surface area contributed by atoms with Gasteiger partial charge in [0.2, 0.25) is 5.78 Å². The highest BCUT2D eigenvalue weighted by atomic mass is 35.5. The minimum Gasteiger partial charge on any atom is -0.494 e. The van der Waals surface area contributed by atoms with Crippen molar-refractivity contribution in [2.45, 2.75) is 52.9 Å². The average molecular weight is 504 g/mol. The minimum atomic E-state index is 0. The minimum absolute atomic E-state index is 0. The molecule has 0 radical (unpaired) electrons. The van der Waals surface area contributed by atoms with Gasteiger partial charge in [0.1, 0.15) is 5.75 Å². The van der Waals surface area contributed by atoms with E-state index in [0.717, 1.165) is 48.1 Å². The molecular formula is C24H37Cl3N4O. The Kier molecular flexibility index (Phi) is 15.4. The molecule has 2 heterocycles. The summed E-state index contributed by atoms with van der Waals surface area (Å²) in [5.41, 5.74) is 2.98. The van der Waals surface area contributed by atoms with Crippen LogP contribution in [0.15, 0.2) is 42.7 Å². The first-order valence-corrected chi connectivity index (χ1v) is 11.0. The van der Waals surface area contributed by atoms with Crippen molar-refractivity contribution in [1.29, 1.82) is 0 Å². The molecule has 180 valence electrons. The van der Waals surface area contributed by atoms with Gasteiger partial charge >= 0.3 is 0 Å². The Morgan fingerprint density at radius 1 is 0.844 bits per heavy atom. The third-order valence-electron chi connectivity index (χ3n) is 5.16. The van der Waals surface area contributed by atoms with Gasteiger partial charge < -0.3 is 9.64 Å². The second-order valence-electron chi connectivity index (χ2n) is 7.68. The largest absolute Gasteiger partial charge is 0.494 e. The second kappa shape index (κ2) is 16.1. The van der Waals surface area contributed by atoms with E-state index in [1.807, 2.05) is 41.9 Å². The van der Waals surface area contributed by atoms with E-state index in [4.69, 9.17) is 4.74 Å². The number of aryl methyl sites for hydroxylation is 1. The lowest BCUT2D eigenvalue weighted by Crippen LogP contribution is -2.28. The van der Waals surface area contributed by atoms with E-state index in [2.05, 4.69) is 40.8 Å². The van der Waals surface area contributed by atoms with Gasteiger partial charge in [-0.1, -0.05) is 26.7 Å². The van der Waals surface area contributed by atoms with Crippen LogP contribution in [-0.4, -0.2) is 45.5 Å². The van der Waals surface area contributed by atoms with Gasteiger partial charge in [-0.25, -0.2) is 9.97 Å². The Labute approximate surface area is 211 Å². The highest BCUT2D eigenvalue weighted by molar-refractivity contribution is 5.86. The van der Waals surface area contributed by atoms with Crippen LogP contribution in [0.1, 0.15) is 51.6 Å². The number of unbranched alkanes of at least 4 members (excludes halogenated alkanes) is 2. The number of hydrogen-bond donors (Lipinski definition) is 0. The molecule has 2 aromatic heterocycles. The SMILES string of the molecule is CCCCN(CCCC)CCCOc1ccc(-c2cn3ccc(C)nc3n2)cc1.Cl.Cl.Cl. The highest BCUT2D eigenvalue weighted by Crippen LogP contribution is 2.22. The fourth-order valence-corrected chi connectivity index (χ4v) is 3.40. The van der Waals surface area contributed by atoms with Crippen molar-refractivity contribution in [2.24, 2.45) is 0 Å². The lowest BCUT2D eigenvalue weighted by atomic mass is 10.2. The average Bonchev–Trinajstić information content (AvgIpc) is 3.16. The van der Waals surface area contributed by atoms with Gasteiger partial charge in [-0.15, -0.1) is 37.2 Å². The van der Waals surface area contributed by atoms with Crippen LogP contribution in [0, 0.1) is 6.92 Å². The molecule has 0 unspecified atom stereocenters. The van der Waals surface area contributed by atoms with E-state index in [1.54, 1.807) is 0 Å². The molecule has 0 N–H and O–H groups in total. The molecule has 1 aromatic carbocycles. The number of halogens is 3. The first kappa shape index (κ1) is 30.5. The van der Waals surface area contributed by atoms with Crippen LogP contribution in [-0.2, 0) is 0 Å². The number of fused-ring (bicyclic) bond motifs is 1. The maximum absolute atomic E-state index is 5.97. The quantitative estimate of drug-likeness (QED) is 0.260. The number of ether oxygens (including phenoxy) is 1. The zero-order valence-corrected chi connectivity index (χ0v) is 21.8. The molecule has 5 nitrogen and oxygen atoms in total. The van der Waals surface area contributed by atoms with Crippen molar-refractivity contribution in [2.75, 3.05) is 26.2 Å². The molecule has 0 aliphatic heterocycles. The summed E-state index contributed by atoms with van der Waals surface area (Å²) in [6.45, 7) is 10.8. The molecular weight excluding hydrogens is 467 g/mol. The summed E-state index contributed by atoms with van der Waals surface area (Å²) in [6.07, 6.45) is 10.1. The Morgan fingerprint density at radius 3 is 2.09 bits per heavy atom. The summed E-state index contributed by atoms with van der Waals surface area (Å²) < 4.78 is 7.92. The molecule has 0 bridgehead atoms. The van der Waals surface area contributed by atoms with Crippen molar-refractivity contribution < 1.29 is 4.74 Å². The predicted octanol–water partition coefficient (Wildman–Crippen LogP) is 6.64. The Morgan fingerprint density at radius 2 is 1.47 bits per heavy atom. The molecule has 0 amide bonds. The number of rotatable bonds is 12. The van der Waals surface area contributed by atoms with E-state index in [9.17, 15) is 0 Å². The monoisotopic (exact) mass is 502 g/mol. The number of benzene rings is 1. The molecule has 0 aliphatic rings. The summed E-state index contributed by atoms with van der Waals surface area (Å²) in [5, 5.41) is 0. The topological polar surface area (TPSA) is 42.7 Å². The van der Waals surface area contributed by atoms with Crippen LogP contribution in [0.4, 0.5) is 0 Å². The first-order valence-electron chi connectivity index (χ1n) is 11.0. The van der Waals surface area contributed by atoms with Gasteiger partial charge in [-0.2, -0.15) is 0 Å². The molecule has 3 rings (SSSR count). The smallest absolute Gasteiger partial charge is 0.234 e. The lowest BCUT2D eigenvalue weighted by molar-refractivity contribution is 0.229. The molecule has 3 aromatic rings. The number of hydrogen-bond acceptors (Lipinski definition) is 4. The van der Waals surface area contributed by atoms with Gasteiger partial charge in [-0.3, -0.25) is 4.40 Å². The molecule has 0 saturated carbocycles. The van der Waals surface area contributed by atoms with Crippen molar-refractivity contribution in [3.8, 4) is 17.0 Å². The van der Waals surface area contributed by atoms with Crippen LogP contribution in [0.25, 0.3) is 17.0 Å². The molecule has 8 heteroatoms. The zero-order valence-electron chi connectivity index (χ0n) is 19.3. The van der Waals surface area contributed by atoms with Crippen molar-refractivity contribution in [3.05, 3.63) is 48.4 Å². The maximum Gasteiger partial charge on any atom is 0.234 e. The van der Waals surface area contributed by atoms with Gasteiger partial charge in [0.15, 0.2) is 0 Å². The molecule has 0 spiro atoms. The van der Waals surface area contributed by atoms with Gasteiger partial charge in [-0.05, 0) is 69.6 Å². The summed E-state index contributed by atoms with van der Waals surface area (Å²) in [7, 11) is 0. The summed E-state index contributed by atoms with van der Waals surface area (Å²) in [5.74, 6) is 1.65.